The first-order valence-corrected chi connectivity index (χ1v) is 5.65. The van der Waals surface area contributed by atoms with Crippen LogP contribution in [0, 0.1) is 0 Å². The van der Waals surface area contributed by atoms with Crippen LogP contribution >= 0.6 is 12.2 Å². The monoisotopic (exact) mass is 210 g/mol. The summed E-state index contributed by atoms with van der Waals surface area (Å²) in [4.78, 5) is -0.00129. The van der Waals surface area contributed by atoms with Gasteiger partial charge >= 0.3 is 0 Å². The summed E-state index contributed by atoms with van der Waals surface area (Å²) in [6, 6.07) is 0. The fraction of sp³-hybridized carbons (Fsp3) is 0.833. The molecule has 0 aliphatic carbocycles. The lowest BCUT2D eigenvalue weighted by atomic mass is 10.5. The van der Waals surface area contributed by atoms with E-state index in [-0.39, 0.29) is 4.99 Å². The number of thiocarbonyl (C=S) groups is 1. The van der Waals surface area contributed by atoms with E-state index in [1.54, 1.807) is 0 Å². The molecular formula is C6H14N2O2S2. The van der Waals surface area contributed by atoms with Crippen LogP contribution in [0.25, 0.3) is 0 Å². The molecule has 0 bridgehead atoms. The molecule has 72 valence electrons. The third-order valence-corrected chi connectivity index (χ3v) is 3.71. The molecule has 0 saturated heterocycles. The van der Waals surface area contributed by atoms with Crippen LogP contribution in [0.2, 0.25) is 0 Å². The number of sulfonamides is 1. The standard InChI is InChI=1S/C6H14N2O2S2/c1-3-4-8-12(9,10)5(2)6(7)11/h5,8H,3-4H2,1-2H3,(H2,7,11). The van der Waals surface area contributed by atoms with Gasteiger partial charge in [-0.1, -0.05) is 19.1 Å². The second kappa shape index (κ2) is 4.74. The van der Waals surface area contributed by atoms with E-state index < -0.39 is 15.3 Å². The van der Waals surface area contributed by atoms with Crippen molar-refractivity contribution >= 4 is 27.2 Å². The van der Waals surface area contributed by atoms with Crippen molar-refractivity contribution < 1.29 is 8.42 Å². The normalized spacial score (nSPS) is 14.2. The maximum absolute atomic E-state index is 11.3. The Morgan fingerprint density at radius 1 is 1.67 bits per heavy atom. The average molecular weight is 210 g/mol. The molecule has 0 saturated carbocycles. The molecule has 6 heteroatoms. The zero-order valence-electron chi connectivity index (χ0n) is 7.20. The van der Waals surface area contributed by atoms with Gasteiger partial charge in [0, 0.05) is 6.54 Å². The quantitative estimate of drug-likeness (QED) is 0.626. The molecule has 12 heavy (non-hydrogen) atoms. The van der Waals surface area contributed by atoms with Crippen molar-refractivity contribution in [1.29, 1.82) is 0 Å². The molecule has 1 unspecified atom stereocenters. The Balaban J connectivity index is 4.31. The summed E-state index contributed by atoms with van der Waals surface area (Å²) < 4.78 is 24.9. The van der Waals surface area contributed by atoms with Gasteiger partial charge in [-0.05, 0) is 13.3 Å². The first kappa shape index (κ1) is 11.8. The molecule has 4 nitrogen and oxygen atoms in total. The molecule has 0 heterocycles. The summed E-state index contributed by atoms with van der Waals surface area (Å²) in [6.45, 7) is 3.78. The fourth-order valence-electron chi connectivity index (χ4n) is 0.522. The van der Waals surface area contributed by atoms with E-state index in [9.17, 15) is 8.42 Å². The summed E-state index contributed by atoms with van der Waals surface area (Å²) >= 11 is 4.58. The van der Waals surface area contributed by atoms with Gasteiger partial charge in [0.1, 0.15) is 5.25 Å². The molecule has 0 aliphatic rings. The topological polar surface area (TPSA) is 72.2 Å². The Labute approximate surface area is 78.6 Å². The molecule has 1 atom stereocenters. The van der Waals surface area contributed by atoms with Crippen molar-refractivity contribution in [2.24, 2.45) is 5.73 Å². The lowest BCUT2D eigenvalue weighted by Gasteiger charge is -2.11. The number of rotatable bonds is 5. The Hall–Kier alpha value is -0.200. The summed E-state index contributed by atoms with van der Waals surface area (Å²) in [5.41, 5.74) is 5.21. The SMILES string of the molecule is CCCNS(=O)(=O)C(C)C(N)=S. The van der Waals surface area contributed by atoms with Gasteiger partial charge < -0.3 is 5.73 Å². The molecule has 0 fully saturated rings. The molecule has 0 aliphatic heterocycles. The lowest BCUT2D eigenvalue weighted by Crippen LogP contribution is -2.40. The third kappa shape index (κ3) is 3.46. The summed E-state index contributed by atoms with van der Waals surface area (Å²) in [7, 11) is -3.34. The fourth-order valence-corrected chi connectivity index (χ4v) is 1.95. The predicted octanol–water partition coefficient (Wildman–Crippen LogP) is -0.00960. The van der Waals surface area contributed by atoms with Crippen LogP contribution in [0.3, 0.4) is 0 Å². The van der Waals surface area contributed by atoms with Crippen LogP contribution in [-0.4, -0.2) is 25.2 Å². The van der Waals surface area contributed by atoms with Gasteiger partial charge in [-0.3, -0.25) is 0 Å². The number of nitrogens with two attached hydrogens (primary N) is 1. The first-order valence-electron chi connectivity index (χ1n) is 3.69. The molecule has 3 N–H and O–H groups in total. The van der Waals surface area contributed by atoms with E-state index in [2.05, 4.69) is 16.9 Å². The number of nitrogens with one attached hydrogen (secondary N) is 1. The van der Waals surface area contributed by atoms with Gasteiger partial charge in [-0.2, -0.15) is 0 Å². The van der Waals surface area contributed by atoms with Gasteiger partial charge in [0.05, 0.1) is 4.99 Å². The largest absolute Gasteiger partial charge is 0.392 e. The molecule has 0 rings (SSSR count). The molecular weight excluding hydrogens is 196 g/mol. The highest BCUT2D eigenvalue weighted by atomic mass is 32.2. The average Bonchev–Trinajstić information content (AvgIpc) is 1.99. The Bertz CT molecular complexity index is 248. The highest BCUT2D eigenvalue weighted by Gasteiger charge is 2.21. The van der Waals surface area contributed by atoms with Gasteiger partial charge in [0.25, 0.3) is 0 Å². The second-order valence-electron chi connectivity index (χ2n) is 2.48. The smallest absolute Gasteiger partial charge is 0.220 e. The molecule has 0 radical (unpaired) electrons. The molecule has 0 aromatic heterocycles. The number of hydrogen-bond acceptors (Lipinski definition) is 3. The summed E-state index contributed by atoms with van der Waals surface area (Å²) in [5, 5.41) is -0.793. The van der Waals surface area contributed by atoms with E-state index >= 15 is 0 Å². The van der Waals surface area contributed by atoms with Crippen molar-refractivity contribution in [2.75, 3.05) is 6.54 Å². The van der Waals surface area contributed by atoms with E-state index in [1.807, 2.05) is 6.92 Å². The zero-order valence-corrected chi connectivity index (χ0v) is 8.83. The predicted molar refractivity (Wildman–Crippen MR) is 53.5 cm³/mol. The van der Waals surface area contributed by atoms with Crippen molar-refractivity contribution in [1.82, 2.24) is 4.72 Å². The van der Waals surface area contributed by atoms with E-state index in [4.69, 9.17) is 5.73 Å². The second-order valence-corrected chi connectivity index (χ2v) is 5.04. The van der Waals surface area contributed by atoms with Crippen molar-refractivity contribution in [3.8, 4) is 0 Å². The third-order valence-electron chi connectivity index (χ3n) is 1.42. The first-order chi connectivity index (χ1) is 5.41. The van der Waals surface area contributed by atoms with Crippen LogP contribution in [0.5, 0.6) is 0 Å². The van der Waals surface area contributed by atoms with E-state index in [1.165, 1.54) is 6.92 Å². The molecule has 0 amide bonds. The van der Waals surface area contributed by atoms with Crippen LogP contribution in [0.1, 0.15) is 20.3 Å². The minimum atomic E-state index is -3.34. The highest BCUT2D eigenvalue weighted by molar-refractivity contribution is 7.93. The maximum atomic E-state index is 11.3. The van der Waals surface area contributed by atoms with Gasteiger partial charge in [0.2, 0.25) is 10.0 Å². The Kier molecular flexibility index (Phi) is 4.66. The summed E-state index contributed by atoms with van der Waals surface area (Å²) in [5.74, 6) is 0. The van der Waals surface area contributed by atoms with E-state index in [0.29, 0.717) is 6.54 Å². The minimum absolute atomic E-state index is 0.00129. The van der Waals surface area contributed by atoms with Gasteiger partial charge in [0.15, 0.2) is 0 Å². The van der Waals surface area contributed by atoms with Crippen molar-refractivity contribution in [3.05, 3.63) is 0 Å². The Morgan fingerprint density at radius 3 is 2.50 bits per heavy atom. The zero-order chi connectivity index (χ0) is 9.78. The van der Waals surface area contributed by atoms with Crippen LogP contribution in [0.15, 0.2) is 0 Å². The van der Waals surface area contributed by atoms with Crippen LogP contribution in [-0.2, 0) is 10.0 Å². The maximum Gasteiger partial charge on any atom is 0.220 e. The van der Waals surface area contributed by atoms with Gasteiger partial charge in [-0.15, -0.1) is 0 Å². The van der Waals surface area contributed by atoms with Crippen LogP contribution in [0.4, 0.5) is 0 Å². The lowest BCUT2D eigenvalue weighted by molar-refractivity contribution is 0.577. The minimum Gasteiger partial charge on any atom is -0.392 e. The van der Waals surface area contributed by atoms with Crippen molar-refractivity contribution in [2.45, 2.75) is 25.5 Å². The van der Waals surface area contributed by atoms with Crippen LogP contribution < -0.4 is 10.5 Å². The highest BCUT2D eigenvalue weighted by Crippen LogP contribution is 1.97. The summed E-state index contributed by atoms with van der Waals surface area (Å²) in [6.07, 6.45) is 0.753. The molecule has 0 aromatic carbocycles. The molecule has 0 aromatic rings. The Morgan fingerprint density at radius 2 is 2.17 bits per heavy atom. The molecule has 0 spiro atoms. The van der Waals surface area contributed by atoms with Crippen molar-refractivity contribution in [3.63, 3.8) is 0 Å². The van der Waals surface area contributed by atoms with E-state index in [0.717, 1.165) is 6.42 Å². The number of hydrogen-bond donors (Lipinski definition) is 2. The van der Waals surface area contributed by atoms with Gasteiger partial charge in [-0.25, -0.2) is 13.1 Å².